The maximum Gasteiger partial charge on any atom is 0.413 e. The Balaban J connectivity index is 1.82. The minimum atomic E-state index is -0.598. The van der Waals surface area contributed by atoms with Crippen LogP contribution in [0.1, 0.15) is 10.6 Å². The Hall–Kier alpha value is -1.99. The van der Waals surface area contributed by atoms with Crippen LogP contribution in [-0.2, 0) is 18.0 Å². The number of ether oxygens (including phenoxy) is 1. The second-order valence-corrected chi connectivity index (χ2v) is 4.41. The van der Waals surface area contributed by atoms with Crippen molar-refractivity contribution in [2.75, 3.05) is 5.32 Å². The van der Waals surface area contributed by atoms with Gasteiger partial charge >= 0.3 is 6.09 Å². The van der Waals surface area contributed by atoms with Gasteiger partial charge in [-0.15, -0.1) is 10.2 Å². The molecular weight excluding hydrogens is 254 g/mol. The molecule has 0 fully saturated rings. The van der Waals surface area contributed by atoms with Crippen molar-refractivity contribution in [2.24, 2.45) is 0 Å². The molecule has 6 nitrogen and oxygen atoms in total. The predicted molar refractivity (Wildman–Crippen MR) is 66.1 cm³/mol. The van der Waals surface area contributed by atoms with Gasteiger partial charge in [0.15, 0.2) is 0 Å². The first-order valence-electron chi connectivity index (χ1n) is 5.19. The number of nitrogens with zero attached hydrogens (tertiary/aromatic N) is 2. The largest absolute Gasteiger partial charge is 0.444 e. The van der Waals surface area contributed by atoms with Gasteiger partial charge in [-0.1, -0.05) is 41.7 Å². The van der Waals surface area contributed by atoms with E-state index < -0.39 is 6.09 Å². The number of benzene rings is 1. The molecule has 1 heterocycles. The lowest BCUT2D eigenvalue weighted by atomic mass is 10.2. The number of hydrogen-bond acceptors (Lipinski definition) is 6. The minimum absolute atomic E-state index is 0.193. The number of nitrogens with one attached hydrogen (secondary N) is 1. The first-order chi connectivity index (χ1) is 8.78. The fourth-order valence-electron chi connectivity index (χ4n) is 1.21. The number of carbonyl (C=O) groups is 1. The van der Waals surface area contributed by atoms with Crippen molar-refractivity contribution in [3.05, 3.63) is 40.9 Å². The Morgan fingerprint density at radius 1 is 1.33 bits per heavy atom. The quantitative estimate of drug-likeness (QED) is 0.880. The number of amides is 1. The van der Waals surface area contributed by atoms with Crippen molar-refractivity contribution in [1.82, 2.24) is 10.2 Å². The summed E-state index contributed by atoms with van der Waals surface area (Å²) in [4.78, 5) is 11.4. The molecule has 0 atom stereocenters. The molecule has 0 saturated carbocycles. The van der Waals surface area contributed by atoms with E-state index in [1.54, 1.807) is 0 Å². The number of carbonyl (C=O) groups excluding carboxylic acids is 1. The third-order valence-corrected chi connectivity index (χ3v) is 2.85. The Morgan fingerprint density at radius 2 is 2.11 bits per heavy atom. The predicted octanol–water partition coefficient (Wildman–Crippen LogP) is 1.78. The number of rotatable bonds is 4. The Morgan fingerprint density at radius 3 is 2.78 bits per heavy atom. The molecule has 0 aliphatic rings. The van der Waals surface area contributed by atoms with E-state index in [1.807, 2.05) is 30.3 Å². The Kier molecular flexibility index (Phi) is 4.21. The van der Waals surface area contributed by atoms with Gasteiger partial charge in [-0.3, -0.25) is 5.32 Å². The lowest BCUT2D eigenvalue weighted by Crippen LogP contribution is -2.13. The molecule has 0 spiro atoms. The third-order valence-electron chi connectivity index (χ3n) is 2.02. The van der Waals surface area contributed by atoms with Crippen LogP contribution in [0.4, 0.5) is 9.93 Å². The van der Waals surface area contributed by atoms with Crippen LogP contribution < -0.4 is 5.32 Å². The van der Waals surface area contributed by atoms with Gasteiger partial charge in [-0.05, 0) is 5.56 Å². The van der Waals surface area contributed by atoms with Crippen molar-refractivity contribution < 1.29 is 14.6 Å². The average molecular weight is 265 g/mol. The zero-order valence-corrected chi connectivity index (χ0v) is 10.2. The highest BCUT2D eigenvalue weighted by atomic mass is 32.1. The fraction of sp³-hybridized carbons (Fsp3) is 0.182. The number of aromatic nitrogens is 2. The minimum Gasteiger partial charge on any atom is -0.444 e. The second-order valence-electron chi connectivity index (χ2n) is 3.35. The van der Waals surface area contributed by atoms with E-state index >= 15 is 0 Å². The van der Waals surface area contributed by atoms with Crippen LogP contribution in [0, 0.1) is 0 Å². The topological polar surface area (TPSA) is 84.3 Å². The second kappa shape index (κ2) is 6.08. The van der Waals surface area contributed by atoms with Crippen molar-refractivity contribution in [2.45, 2.75) is 13.2 Å². The summed E-state index contributed by atoms with van der Waals surface area (Å²) in [5, 5.41) is 19.3. The van der Waals surface area contributed by atoms with Crippen LogP contribution >= 0.6 is 11.3 Å². The van der Waals surface area contributed by atoms with E-state index in [1.165, 1.54) is 0 Å². The third kappa shape index (κ3) is 3.51. The summed E-state index contributed by atoms with van der Waals surface area (Å²) in [6, 6.07) is 9.36. The van der Waals surface area contributed by atoms with Gasteiger partial charge in [-0.25, -0.2) is 4.79 Å². The summed E-state index contributed by atoms with van der Waals surface area (Å²) in [6.07, 6.45) is -0.598. The van der Waals surface area contributed by atoms with E-state index in [0.29, 0.717) is 10.1 Å². The molecule has 0 aliphatic heterocycles. The lowest BCUT2D eigenvalue weighted by Gasteiger charge is -2.04. The van der Waals surface area contributed by atoms with Gasteiger partial charge in [0, 0.05) is 0 Å². The zero-order valence-electron chi connectivity index (χ0n) is 9.37. The zero-order chi connectivity index (χ0) is 12.8. The standard InChI is InChI=1S/C11H11N3O3S/c15-6-9-13-14-10(18-9)12-11(16)17-7-8-4-2-1-3-5-8/h1-5,15H,6-7H2,(H,12,14,16). The number of aliphatic hydroxyl groups excluding tert-OH is 1. The van der Waals surface area contributed by atoms with Crippen LogP contribution in [-0.4, -0.2) is 21.4 Å². The molecular formula is C11H11N3O3S. The van der Waals surface area contributed by atoms with Crippen LogP contribution in [0.15, 0.2) is 30.3 Å². The van der Waals surface area contributed by atoms with Gasteiger partial charge in [-0.2, -0.15) is 0 Å². The molecule has 94 valence electrons. The molecule has 1 aromatic carbocycles. The maximum absolute atomic E-state index is 11.4. The van der Waals surface area contributed by atoms with Crippen LogP contribution in [0.2, 0.25) is 0 Å². The van der Waals surface area contributed by atoms with Crippen molar-refractivity contribution in [3.63, 3.8) is 0 Å². The van der Waals surface area contributed by atoms with E-state index in [2.05, 4.69) is 15.5 Å². The Bertz CT molecular complexity index is 515. The number of anilines is 1. The van der Waals surface area contributed by atoms with Gasteiger partial charge in [0.2, 0.25) is 5.13 Å². The fourth-order valence-corrected chi connectivity index (χ4v) is 1.80. The Labute approximate surface area is 107 Å². The van der Waals surface area contributed by atoms with E-state index in [4.69, 9.17) is 9.84 Å². The monoisotopic (exact) mass is 265 g/mol. The van der Waals surface area contributed by atoms with E-state index in [9.17, 15) is 4.79 Å². The summed E-state index contributed by atoms with van der Waals surface area (Å²) < 4.78 is 5.00. The van der Waals surface area contributed by atoms with Crippen molar-refractivity contribution >= 4 is 22.6 Å². The number of hydrogen-bond donors (Lipinski definition) is 2. The summed E-state index contributed by atoms with van der Waals surface area (Å²) in [5.74, 6) is 0. The lowest BCUT2D eigenvalue weighted by molar-refractivity contribution is 0.155. The molecule has 0 bridgehead atoms. The molecule has 2 N–H and O–H groups in total. The van der Waals surface area contributed by atoms with Crippen LogP contribution in [0.5, 0.6) is 0 Å². The van der Waals surface area contributed by atoms with Gasteiger partial charge < -0.3 is 9.84 Å². The van der Waals surface area contributed by atoms with Crippen LogP contribution in [0.3, 0.4) is 0 Å². The molecule has 1 amide bonds. The summed E-state index contributed by atoms with van der Waals surface area (Å²) >= 11 is 1.10. The van der Waals surface area contributed by atoms with Gasteiger partial charge in [0.1, 0.15) is 11.6 Å². The highest BCUT2D eigenvalue weighted by molar-refractivity contribution is 7.15. The summed E-state index contributed by atoms with van der Waals surface area (Å²) in [7, 11) is 0. The van der Waals surface area contributed by atoms with Crippen molar-refractivity contribution in [1.29, 1.82) is 0 Å². The van der Waals surface area contributed by atoms with Crippen molar-refractivity contribution in [3.8, 4) is 0 Å². The van der Waals surface area contributed by atoms with Crippen LogP contribution in [0.25, 0.3) is 0 Å². The smallest absolute Gasteiger partial charge is 0.413 e. The maximum atomic E-state index is 11.4. The highest BCUT2D eigenvalue weighted by Crippen LogP contribution is 2.15. The van der Waals surface area contributed by atoms with Gasteiger partial charge in [0.25, 0.3) is 0 Å². The van der Waals surface area contributed by atoms with Gasteiger partial charge in [0.05, 0.1) is 6.61 Å². The first-order valence-corrected chi connectivity index (χ1v) is 6.00. The summed E-state index contributed by atoms with van der Waals surface area (Å²) in [5.41, 5.74) is 0.904. The molecule has 0 unspecified atom stereocenters. The first kappa shape index (κ1) is 12.5. The molecule has 0 aliphatic carbocycles. The normalized spacial score (nSPS) is 10.1. The molecule has 2 rings (SSSR count). The SMILES string of the molecule is O=C(Nc1nnc(CO)s1)OCc1ccccc1. The molecule has 18 heavy (non-hydrogen) atoms. The van der Waals surface area contributed by atoms with E-state index in [0.717, 1.165) is 16.9 Å². The highest BCUT2D eigenvalue weighted by Gasteiger charge is 2.08. The molecule has 1 aromatic heterocycles. The molecule has 7 heteroatoms. The summed E-state index contributed by atoms with van der Waals surface area (Å²) in [6.45, 7) is -0.00323. The molecule has 0 saturated heterocycles. The molecule has 0 radical (unpaired) electrons. The van der Waals surface area contributed by atoms with E-state index in [-0.39, 0.29) is 13.2 Å². The number of aliphatic hydroxyl groups is 1. The molecule has 2 aromatic rings. The average Bonchev–Trinajstić information content (AvgIpc) is 2.85.